The molecule has 0 spiro atoms. The Balaban J connectivity index is 1.83. The van der Waals surface area contributed by atoms with Crippen LogP contribution in [0.1, 0.15) is 15.9 Å². The van der Waals surface area contributed by atoms with Gasteiger partial charge in [-0.2, -0.15) is 13.2 Å². The van der Waals surface area contributed by atoms with Crippen LogP contribution in [0.25, 0.3) is 33.0 Å². The van der Waals surface area contributed by atoms with E-state index in [1.165, 1.54) is 48.8 Å². The van der Waals surface area contributed by atoms with Gasteiger partial charge in [0.25, 0.3) is 0 Å². The first-order valence-electron chi connectivity index (χ1n) is 9.63. The minimum absolute atomic E-state index is 0.0822. The van der Waals surface area contributed by atoms with Crippen molar-refractivity contribution in [2.45, 2.75) is 6.18 Å². The summed E-state index contributed by atoms with van der Waals surface area (Å²) in [6.45, 7) is 0. The van der Waals surface area contributed by atoms with Gasteiger partial charge in [0.2, 0.25) is 0 Å². The molecular weight excluding hydrogens is 510 g/mol. The molecule has 3 aromatic carbocycles. The van der Waals surface area contributed by atoms with Crippen LogP contribution in [-0.2, 0) is 6.18 Å². The zero-order valence-electron chi connectivity index (χ0n) is 17.3. The molecule has 4 aromatic rings. The van der Waals surface area contributed by atoms with Crippen LogP contribution >= 0.6 is 34.5 Å². The van der Waals surface area contributed by atoms with Crippen LogP contribution in [-0.4, -0.2) is 23.2 Å². The van der Waals surface area contributed by atoms with Crippen molar-refractivity contribution in [3.05, 3.63) is 81.1 Å². The third-order valence-corrected chi connectivity index (χ3v) is 6.67. The third kappa shape index (κ3) is 4.61. The summed E-state index contributed by atoms with van der Waals surface area (Å²) in [5.41, 5.74) is 0.0248. The van der Waals surface area contributed by atoms with E-state index in [0.29, 0.717) is 26.3 Å². The molecule has 0 bridgehead atoms. The number of nitrogens with zero attached hydrogens (tertiary/aromatic N) is 1. The number of carbonyl (C=O) groups is 1. The fraction of sp³-hybridized carbons (Fsp3) is 0.0833. The van der Waals surface area contributed by atoms with E-state index in [4.69, 9.17) is 27.9 Å². The van der Waals surface area contributed by atoms with E-state index in [9.17, 15) is 23.1 Å². The van der Waals surface area contributed by atoms with Crippen LogP contribution in [0.15, 0.2) is 60.0 Å². The lowest BCUT2D eigenvalue weighted by atomic mass is 9.92. The van der Waals surface area contributed by atoms with Crippen molar-refractivity contribution in [2.75, 3.05) is 7.11 Å². The van der Waals surface area contributed by atoms with E-state index in [0.717, 1.165) is 11.6 Å². The van der Waals surface area contributed by atoms with Crippen molar-refractivity contribution in [1.82, 2.24) is 4.98 Å². The first kappa shape index (κ1) is 24.1. The minimum Gasteiger partial charge on any atom is -0.496 e. The first-order valence-corrected chi connectivity index (χ1v) is 11.3. The Morgan fingerprint density at radius 3 is 2.41 bits per heavy atom. The highest BCUT2D eigenvalue weighted by molar-refractivity contribution is 7.13. The number of rotatable bonds is 5. The van der Waals surface area contributed by atoms with Gasteiger partial charge in [0, 0.05) is 27.6 Å². The summed E-state index contributed by atoms with van der Waals surface area (Å²) in [5, 5.41) is 12.9. The van der Waals surface area contributed by atoms with Gasteiger partial charge >= 0.3 is 12.1 Å². The summed E-state index contributed by atoms with van der Waals surface area (Å²) in [4.78, 5) is 16.6. The molecule has 4 rings (SSSR count). The number of alkyl halides is 3. The quantitative estimate of drug-likeness (QED) is 0.286. The molecule has 10 heteroatoms. The number of ether oxygens (including phenoxy) is 1. The van der Waals surface area contributed by atoms with E-state index >= 15 is 0 Å². The molecule has 0 aliphatic carbocycles. The molecule has 0 fully saturated rings. The molecule has 0 aliphatic rings. The second kappa shape index (κ2) is 9.29. The van der Waals surface area contributed by atoms with Gasteiger partial charge in [0.15, 0.2) is 0 Å². The Labute approximate surface area is 206 Å². The number of aromatic carboxylic acids is 1. The zero-order valence-corrected chi connectivity index (χ0v) is 19.6. The molecule has 0 saturated carbocycles. The number of halogens is 5. The van der Waals surface area contributed by atoms with Crippen LogP contribution in [0, 0.1) is 0 Å². The van der Waals surface area contributed by atoms with Crippen LogP contribution in [0.3, 0.4) is 0 Å². The number of aromatic nitrogens is 1. The molecule has 1 N–H and O–H groups in total. The number of hydrogen-bond donors (Lipinski definition) is 1. The lowest BCUT2D eigenvalue weighted by Gasteiger charge is -2.18. The summed E-state index contributed by atoms with van der Waals surface area (Å²) >= 11 is 13.3. The fourth-order valence-electron chi connectivity index (χ4n) is 3.48. The normalized spacial score (nSPS) is 11.5. The Kier molecular flexibility index (Phi) is 6.58. The standard InChI is InChI=1S/C24H14Cl2F3NO3S/c1-33-20-4-2-3-16(24(27,28)29)21(20)14-7-5-13(9-15(14)23(31)32)22-30-19(11-34-22)12-6-8-17(25)18(26)10-12/h2-11H,1H3,(H,31,32). The Morgan fingerprint density at radius 2 is 1.76 bits per heavy atom. The van der Waals surface area contributed by atoms with Crippen LogP contribution < -0.4 is 4.74 Å². The van der Waals surface area contributed by atoms with Gasteiger partial charge in [-0.15, -0.1) is 11.3 Å². The molecule has 0 atom stereocenters. The van der Waals surface area contributed by atoms with Crippen LogP contribution in [0.5, 0.6) is 5.75 Å². The maximum atomic E-state index is 13.7. The lowest BCUT2D eigenvalue weighted by molar-refractivity contribution is -0.137. The molecule has 4 nitrogen and oxygen atoms in total. The maximum Gasteiger partial charge on any atom is 0.417 e. The molecule has 0 unspecified atom stereocenters. The fourth-order valence-corrected chi connectivity index (χ4v) is 4.61. The SMILES string of the molecule is COc1cccc(C(F)(F)F)c1-c1ccc(-c2nc(-c3ccc(Cl)c(Cl)c3)cs2)cc1C(=O)O. The van der Waals surface area contributed by atoms with E-state index in [1.54, 1.807) is 23.6 Å². The van der Waals surface area contributed by atoms with Gasteiger partial charge in [-0.3, -0.25) is 0 Å². The molecular formula is C24H14Cl2F3NO3S. The first-order chi connectivity index (χ1) is 16.1. The largest absolute Gasteiger partial charge is 0.496 e. The smallest absolute Gasteiger partial charge is 0.417 e. The van der Waals surface area contributed by atoms with Gasteiger partial charge in [-0.05, 0) is 30.3 Å². The second-order valence-electron chi connectivity index (χ2n) is 7.11. The predicted octanol–water partition coefficient (Wildman–Crippen LogP) is 8.18. The molecule has 0 saturated heterocycles. The average molecular weight is 524 g/mol. The van der Waals surface area contributed by atoms with Crippen LogP contribution in [0.4, 0.5) is 13.2 Å². The van der Waals surface area contributed by atoms with Gasteiger partial charge in [0.1, 0.15) is 10.8 Å². The Hall–Kier alpha value is -3.07. The second-order valence-corrected chi connectivity index (χ2v) is 8.79. The maximum absolute atomic E-state index is 13.7. The molecule has 0 aliphatic heterocycles. The van der Waals surface area contributed by atoms with E-state index < -0.39 is 17.7 Å². The van der Waals surface area contributed by atoms with Gasteiger partial charge in [0.05, 0.1) is 34.0 Å². The zero-order chi connectivity index (χ0) is 24.6. The predicted molar refractivity (Wildman–Crippen MR) is 127 cm³/mol. The summed E-state index contributed by atoms with van der Waals surface area (Å²) in [7, 11) is 1.23. The molecule has 34 heavy (non-hydrogen) atoms. The molecule has 174 valence electrons. The molecule has 1 aromatic heterocycles. The summed E-state index contributed by atoms with van der Waals surface area (Å²) < 4.78 is 46.3. The highest BCUT2D eigenvalue weighted by Gasteiger charge is 2.36. The van der Waals surface area contributed by atoms with E-state index in [-0.39, 0.29) is 22.4 Å². The average Bonchev–Trinajstić information content (AvgIpc) is 3.29. The Bertz CT molecular complexity index is 1400. The third-order valence-electron chi connectivity index (χ3n) is 5.04. The summed E-state index contributed by atoms with van der Waals surface area (Å²) in [6.07, 6.45) is -4.71. The topological polar surface area (TPSA) is 59.4 Å². The van der Waals surface area contributed by atoms with E-state index in [2.05, 4.69) is 4.98 Å². The van der Waals surface area contributed by atoms with Crippen molar-refractivity contribution in [2.24, 2.45) is 0 Å². The van der Waals surface area contributed by atoms with Gasteiger partial charge in [-0.25, -0.2) is 9.78 Å². The van der Waals surface area contributed by atoms with Gasteiger partial charge < -0.3 is 9.84 Å². The van der Waals surface area contributed by atoms with Crippen molar-refractivity contribution >= 4 is 40.5 Å². The van der Waals surface area contributed by atoms with Crippen molar-refractivity contribution < 1.29 is 27.8 Å². The lowest BCUT2D eigenvalue weighted by Crippen LogP contribution is -2.10. The highest BCUT2D eigenvalue weighted by Crippen LogP contribution is 2.44. The number of carboxylic acids is 1. The number of benzene rings is 3. The van der Waals surface area contributed by atoms with Crippen molar-refractivity contribution in [3.63, 3.8) is 0 Å². The van der Waals surface area contributed by atoms with Crippen molar-refractivity contribution in [3.8, 4) is 38.7 Å². The molecule has 1 heterocycles. The number of hydrogen-bond acceptors (Lipinski definition) is 4. The highest BCUT2D eigenvalue weighted by atomic mass is 35.5. The van der Waals surface area contributed by atoms with Gasteiger partial charge in [-0.1, -0.05) is 47.5 Å². The Morgan fingerprint density at radius 1 is 1.03 bits per heavy atom. The summed E-state index contributed by atoms with van der Waals surface area (Å²) in [6, 6.07) is 12.7. The minimum atomic E-state index is -4.71. The number of methoxy groups -OCH3 is 1. The summed E-state index contributed by atoms with van der Waals surface area (Å²) in [5.74, 6) is -1.46. The molecule has 0 amide bonds. The number of carboxylic acid groups (broad SMARTS) is 1. The number of thiazole rings is 1. The monoisotopic (exact) mass is 523 g/mol. The van der Waals surface area contributed by atoms with Crippen molar-refractivity contribution in [1.29, 1.82) is 0 Å². The van der Waals surface area contributed by atoms with Crippen LogP contribution in [0.2, 0.25) is 10.0 Å². The van der Waals surface area contributed by atoms with E-state index in [1.807, 2.05) is 0 Å². The molecule has 0 radical (unpaired) electrons.